The van der Waals surface area contributed by atoms with Crippen LogP contribution in [0.3, 0.4) is 0 Å². The maximum Gasteiger partial charge on any atom is 0.176 e. The Morgan fingerprint density at radius 1 is 0.917 bits per heavy atom. The van der Waals surface area contributed by atoms with Crippen LogP contribution in [-0.2, 0) is 6.42 Å². The predicted molar refractivity (Wildman–Crippen MR) is 93.4 cm³/mol. The Labute approximate surface area is 142 Å². The number of hydrogen-bond acceptors (Lipinski definition) is 5. The number of carbonyl (C=O) groups is 1. The van der Waals surface area contributed by atoms with Gasteiger partial charge in [-0.25, -0.2) is 0 Å². The van der Waals surface area contributed by atoms with E-state index in [1.807, 2.05) is 18.2 Å². The van der Waals surface area contributed by atoms with Gasteiger partial charge in [0.25, 0.3) is 0 Å². The molecule has 0 aliphatic heterocycles. The monoisotopic (exact) mass is 329 g/mol. The fourth-order valence-corrected chi connectivity index (χ4v) is 2.35. The first-order valence-corrected chi connectivity index (χ1v) is 7.76. The largest absolute Gasteiger partial charge is 0.497 e. The van der Waals surface area contributed by atoms with E-state index < -0.39 is 0 Å². The molecule has 1 N–H and O–H groups in total. The van der Waals surface area contributed by atoms with Gasteiger partial charge in [0.15, 0.2) is 17.3 Å². The number of ketones is 1. The van der Waals surface area contributed by atoms with Crippen molar-refractivity contribution in [3.05, 3.63) is 53.6 Å². The van der Waals surface area contributed by atoms with E-state index in [1.165, 1.54) is 0 Å². The second-order valence-electron chi connectivity index (χ2n) is 5.27. The lowest BCUT2D eigenvalue weighted by molar-refractivity contribution is 0.0991. The van der Waals surface area contributed by atoms with E-state index in [0.29, 0.717) is 30.2 Å². The Kier molecular flexibility index (Phi) is 6.63. The van der Waals surface area contributed by atoms with Crippen molar-refractivity contribution in [2.24, 2.45) is 0 Å². The van der Waals surface area contributed by atoms with Gasteiger partial charge in [-0.05, 0) is 54.9 Å². The van der Waals surface area contributed by atoms with Crippen molar-refractivity contribution >= 4 is 5.78 Å². The Balaban J connectivity index is 1.80. The van der Waals surface area contributed by atoms with E-state index in [4.69, 9.17) is 14.2 Å². The minimum atomic E-state index is 0.0602. The van der Waals surface area contributed by atoms with Crippen molar-refractivity contribution < 1.29 is 19.0 Å². The summed E-state index contributed by atoms with van der Waals surface area (Å²) in [5.74, 6) is 2.23. The molecule has 2 rings (SSSR count). The average molecular weight is 329 g/mol. The van der Waals surface area contributed by atoms with Crippen molar-refractivity contribution in [1.82, 2.24) is 5.32 Å². The summed E-state index contributed by atoms with van der Waals surface area (Å²) in [4.78, 5) is 12.1. The van der Waals surface area contributed by atoms with Gasteiger partial charge in [0, 0.05) is 5.56 Å². The zero-order valence-electron chi connectivity index (χ0n) is 14.3. The van der Waals surface area contributed by atoms with Gasteiger partial charge in [-0.3, -0.25) is 4.79 Å². The highest BCUT2D eigenvalue weighted by atomic mass is 16.5. The SMILES string of the molecule is COc1ccc(C(=O)CNCCc2ccc(OC)c(OC)c2)cc1. The molecule has 0 saturated carbocycles. The highest BCUT2D eigenvalue weighted by molar-refractivity contribution is 5.97. The molecule has 0 saturated heterocycles. The smallest absolute Gasteiger partial charge is 0.176 e. The molecule has 0 unspecified atom stereocenters. The molecule has 2 aromatic rings. The van der Waals surface area contributed by atoms with Gasteiger partial charge in [0.2, 0.25) is 0 Å². The van der Waals surface area contributed by atoms with Crippen LogP contribution < -0.4 is 19.5 Å². The van der Waals surface area contributed by atoms with Gasteiger partial charge in [0.1, 0.15) is 5.75 Å². The summed E-state index contributed by atoms with van der Waals surface area (Å²) in [5, 5.41) is 3.17. The molecule has 0 bridgehead atoms. The number of rotatable bonds is 9. The molecule has 0 amide bonds. The first-order chi connectivity index (χ1) is 11.7. The van der Waals surface area contributed by atoms with Crippen molar-refractivity contribution in [2.45, 2.75) is 6.42 Å². The zero-order chi connectivity index (χ0) is 17.4. The topological polar surface area (TPSA) is 56.8 Å². The highest BCUT2D eigenvalue weighted by Gasteiger charge is 2.07. The first kappa shape index (κ1) is 17.8. The molecule has 0 spiro atoms. The second-order valence-corrected chi connectivity index (χ2v) is 5.27. The first-order valence-electron chi connectivity index (χ1n) is 7.76. The average Bonchev–Trinajstić information content (AvgIpc) is 2.64. The van der Waals surface area contributed by atoms with Crippen molar-refractivity contribution in [1.29, 1.82) is 0 Å². The molecular weight excluding hydrogens is 306 g/mol. The highest BCUT2D eigenvalue weighted by Crippen LogP contribution is 2.27. The summed E-state index contributed by atoms with van der Waals surface area (Å²) in [5.41, 5.74) is 1.80. The number of benzene rings is 2. The summed E-state index contributed by atoms with van der Waals surface area (Å²) in [6, 6.07) is 13.0. The maximum atomic E-state index is 12.1. The molecule has 0 aromatic heterocycles. The van der Waals surface area contributed by atoms with Gasteiger partial charge >= 0.3 is 0 Å². The van der Waals surface area contributed by atoms with Gasteiger partial charge in [0.05, 0.1) is 27.9 Å². The molecular formula is C19H23NO4. The lowest BCUT2D eigenvalue weighted by Crippen LogP contribution is -2.25. The zero-order valence-corrected chi connectivity index (χ0v) is 14.3. The second kappa shape index (κ2) is 8.93. The van der Waals surface area contributed by atoms with Crippen LogP contribution in [0.5, 0.6) is 17.2 Å². The fraction of sp³-hybridized carbons (Fsp3) is 0.316. The standard InChI is InChI=1S/C19H23NO4/c1-22-16-7-5-15(6-8-16)17(21)13-20-11-10-14-4-9-18(23-2)19(12-14)24-3/h4-9,12,20H,10-11,13H2,1-3H3. The van der Waals surface area contributed by atoms with Crippen LogP contribution in [0.25, 0.3) is 0 Å². The third kappa shape index (κ3) is 4.73. The molecule has 128 valence electrons. The minimum absolute atomic E-state index is 0.0602. The molecule has 5 heteroatoms. The van der Waals surface area contributed by atoms with E-state index in [1.54, 1.807) is 45.6 Å². The quantitative estimate of drug-likeness (QED) is 0.566. The molecule has 0 fully saturated rings. The minimum Gasteiger partial charge on any atom is -0.497 e. The van der Waals surface area contributed by atoms with Gasteiger partial charge < -0.3 is 19.5 Å². The number of ether oxygens (including phenoxy) is 3. The molecule has 5 nitrogen and oxygen atoms in total. The maximum absolute atomic E-state index is 12.1. The summed E-state index contributed by atoms with van der Waals surface area (Å²) >= 11 is 0. The number of carbonyl (C=O) groups excluding carboxylic acids is 1. The van der Waals surface area contributed by atoms with Crippen LogP contribution in [0.4, 0.5) is 0 Å². The lowest BCUT2D eigenvalue weighted by atomic mass is 10.1. The van der Waals surface area contributed by atoms with Crippen LogP contribution >= 0.6 is 0 Å². The third-order valence-electron chi connectivity index (χ3n) is 3.74. The van der Waals surface area contributed by atoms with Crippen molar-refractivity contribution in [3.63, 3.8) is 0 Å². The van der Waals surface area contributed by atoms with Crippen LogP contribution in [0, 0.1) is 0 Å². The molecule has 0 aliphatic carbocycles. The van der Waals surface area contributed by atoms with Gasteiger partial charge in [-0.1, -0.05) is 6.07 Å². The number of hydrogen-bond donors (Lipinski definition) is 1. The normalized spacial score (nSPS) is 10.3. The van der Waals surface area contributed by atoms with Gasteiger partial charge in [-0.15, -0.1) is 0 Å². The van der Waals surface area contributed by atoms with E-state index in [0.717, 1.165) is 17.7 Å². The third-order valence-corrected chi connectivity index (χ3v) is 3.74. The molecule has 0 heterocycles. The van der Waals surface area contributed by atoms with Crippen LogP contribution in [0.2, 0.25) is 0 Å². The fourth-order valence-electron chi connectivity index (χ4n) is 2.35. The number of nitrogens with one attached hydrogen (secondary N) is 1. The van der Waals surface area contributed by atoms with E-state index in [9.17, 15) is 4.79 Å². The molecule has 2 aromatic carbocycles. The van der Waals surface area contributed by atoms with E-state index >= 15 is 0 Å². The summed E-state index contributed by atoms with van der Waals surface area (Å²) < 4.78 is 15.6. The van der Waals surface area contributed by atoms with Crippen LogP contribution in [0.15, 0.2) is 42.5 Å². The number of Topliss-reactive ketones (excluding diaryl/α,β-unsaturated/α-hetero) is 1. The lowest BCUT2D eigenvalue weighted by Gasteiger charge is -2.10. The van der Waals surface area contributed by atoms with Crippen molar-refractivity contribution in [3.8, 4) is 17.2 Å². The Hall–Kier alpha value is -2.53. The predicted octanol–water partition coefficient (Wildman–Crippen LogP) is 2.73. The molecule has 0 atom stereocenters. The van der Waals surface area contributed by atoms with Gasteiger partial charge in [-0.2, -0.15) is 0 Å². The van der Waals surface area contributed by atoms with E-state index in [2.05, 4.69) is 5.32 Å². The van der Waals surface area contributed by atoms with Crippen LogP contribution in [0.1, 0.15) is 15.9 Å². The van der Waals surface area contributed by atoms with E-state index in [-0.39, 0.29) is 5.78 Å². The summed E-state index contributed by atoms with van der Waals surface area (Å²) in [6.45, 7) is 1.01. The molecule has 0 aliphatic rings. The van der Waals surface area contributed by atoms with Crippen molar-refractivity contribution in [2.75, 3.05) is 34.4 Å². The molecule has 24 heavy (non-hydrogen) atoms. The number of methoxy groups -OCH3 is 3. The molecule has 0 radical (unpaired) electrons. The summed E-state index contributed by atoms with van der Waals surface area (Å²) in [7, 11) is 4.84. The Morgan fingerprint density at radius 2 is 1.62 bits per heavy atom. The Morgan fingerprint density at radius 3 is 2.25 bits per heavy atom. The Bertz CT molecular complexity index is 668. The van der Waals surface area contributed by atoms with Crippen LogP contribution in [-0.4, -0.2) is 40.2 Å². The summed E-state index contributed by atoms with van der Waals surface area (Å²) in [6.07, 6.45) is 0.802.